The van der Waals surface area contributed by atoms with Crippen molar-refractivity contribution in [2.24, 2.45) is 5.92 Å². The minimum absolute atomic E-state index is 0.363. The molecule has 0 saturated carbocycles. The van der Waals surface area contributed by atoms with Gasteiger partial charge >= 0.3 is 0 Å². The molecule has 0 aliphatic carbocycles. The summed E-state index contributed by atoms with van der Waals surface area (Å²) in [4.78, 5) is 16.6. The molecule has 110 valence electrons. The van der Waals surface area contributed by atoms with Crippen LogP contribution in [0.3, 0.4) is 0 Å². The number of halogens is 1. The highest BCUT2D eigenvalue weighted by Gasteiger charge is 2.35. The molecule has 2 fully saturated rings. The molecule has 5 heteroatoms. The predicted octanol–water partition coefficient (Wildman–Crippen LogP) is 1.73. The number of likely N-dealkylation sites (tertiary alicyclic amines) is 2. The second-order valence-electron chi connectivity index (χ2n) is 5.69. The number of hydrogen-bond acceptors (Lipinski definition) is 3. The smallest absolute Gasteiger partial charge is 0.223 e. The fourth-order valence-electron chi connectivity index (χ4n) is 3.15. The van der Waals surface area contributed by atoms with Gasteiger partial charge in [-0.1, -0.05) is 15.9 Å². The van der Waals surface area contributed by atoms with E-state index in [2.05, 4.69) is 25.7 Å². The first-order valence-electron chi connectivity index (χ1n) is 7.31. The largest absolute Gasteiger partial charge is 0.385 e. The highest BCUT2D eigenvalue weighted by molar-refractivity contribution is 9.09. The topological polar surface area (TPSA) is 32.8 Å². The van der Waals surface area contributed by atoms with E-state index < -0.39 is 0 Å². The fraction of sp³-hybridized carbons (Fsp3) is 0.929. The Balaban J connectivity index is 1.72. The zero-order chi connectivity index (χ0) is 13.7. The zero-order valence-electron chi connectivity index (χ0n) is 11.8. The maximum Gasteiger partial charge on any atom is 0.223 e. The molecule has 2 heterocycles. The number of carbonyl (C=O) groups is 1. The molecule has 0 aromatic heterocycles. The van der Waals surface area contributed by atoms with Gasteiger partial charge in [-0.2, -0.15) is 0 Å². The summed E-state index contributed by atoms with van der Waals surface area (Å²) in [7, 11) is 1.76. The van der Waals surface area contributed by atoms with Crippen molar-refractivity contribution < 1.29 is 9.53 Å². The summed E-state index contributed by atoms with van der Waals surface area (Å²) in [5.41, 5.74) is 0. The standard InChI is InChI=1S/C14H25BrN2O2/c1-19-8-2-5-16-6-3-13(4-7-16)17-11-12(10-15)9-14(17)18/h12-13H,2-11H2,1H3. The van der Waals surface area contributed by atoms with Crippen molar-refractivity contribution >= 4 is 21.8 Å². The van der Waals surface area contributed by atoms with E-state index in [1.807, 2.05) is 0 Å². The first-order chi connectivity index (χ1) is 9.24. The minimum atomic E-state index is 0.363. The van der Waals surface area contributed by atoms with Crippen molar-refractivity contribution in [1.29, 1.82) is 0 Å². The molecule has 19 heavy (non-hydrogen) atoms. The van der Waals surface area contributed by atoms with E-state index in [0.717, 1.165) is 63.8 Å². The van der Waals surface area contributed by atoms with Gasteiger partial charge < -0.3 is 14.5 Å². The molecule has 0 aromatic carbocycles. The molecular weight excluding hydrogens is 308 g/mol. The van der Waals surface area contributed by atoms with Gasteiger partial charge in [0, 0.05) is 57.7 Å². The molecule has 4 nitrogen and oxygen atoms in total. The van der Waals surface area contributed by atoms with Crippen LogP contribution in [0, 0.1) is 5.92 Å². The molecule has 1 amide bonds. The molecule has 2 rings (SSSR count). The number of amides is 1. The van der Waals surface area contributed by atoms with Gasteiger partial charge in [0.1, 0.15) is 0 Å². The number of ether oxygens (including phenoxy) is 1. The van der Waals surface area contributed by atoms with Crippen LogP contribution >= 0.6 is 15.9 Å². The van der Waals surface area contributed by atoms with Gasteiger partial charge in [-0.25, -0.2) is 0 Å². The van der Waals surface area contributed by atoms with Crippen LogP contribution in [0.5, 0.6) is 0 Å². The lowest BCUT2D eigenvalue weighted by Gasteiger charge is -2.36. The monoisotopic (exact) mass is 332 g/mol. The van der Waals surface area contributed by atoms with Gasteiger partial charge in [0.05, 0.1) is 0 Å². The van der Waals surface area contributed by atoms with Crippen molar-refractivity contribution in [1.82, 2.24) is 9.80 Å². The molecule has 2 saturated heterocycles. The van der Waals surface area contributed by atoms with Gasteiger partial charge in [0.2, 0.25) is 5.91 Å². The van der Waals surface area contributed by atoms with E-state index in [4.69, 9.17) is 4.74 Å². The number of carbonyl (C=O) groups excluding carboxylic acids is 1. The van der Waals surface area contributed by atoms with E-state index in [9.17, 15) is 4.79 Å². The maximum absolute atomic E-state index is 12.0. The van der Waals surface area contributed by atoms with E-state index in [0.29, 0.717) is 17.9 Å². The Morgan fingerprint density at radius 1 is 1.37 bits per heavy atom. The highest BCUT2D eigenvalue weighted by Crippen LogP contribution is 2.26. The second kappa shape index (κ2) is 7.60. The average Bonchev–Trinajstić information content (AvgIpc) is 2.81. The van der Waals surface area contributed by atoms with Crippen LogP contribution in [0.2, 0.25) is 0 Å². The Labute approximate surface area is 124 Å². The maximum atomic E-state index is 12.0. The normalized spacial score (nSPS) is 26.3. The van der Waals surface area contributed by atoms with Gasteiger partial charge in [-0.05, 0) is 25.2 Å². The first kappa shape index (κ1) is 15.3. The van der Waals surface area contributed by atoms with Crippen molar-refractivity contribution in [3.05, 3.63) is 0 Å². The summed E-state index contributed by atoms with van der Waals surface area (Å²) in [5, 5.41) is 0.950. The molecule has 0 N–H and O–H groups in total. The molecule has 0 spiro atoms. The van der Waals surface area contributed by atoms with E-state index in [1.165, 1.54) is 0 Å². The van der Waals surface area contributed by atoms with Gasteiger partial charge in [0.25, 0.3) is 0 Å². The Morgan fingerprint density at radius 3 is 2.68 bits per heavy atom. The minimum Gasteiger partial charge on any atom is -0.385 e. The lowest BCUT2D eigenvalue weighted by Crippen LogP contribution is -2.45. The molecular formula is C14H25BrN2O2. The molecule has 0 radical (unpaired) electrons. The highest BCUT2D eigenvalue weighted by atomic mass is 79.9. The Bertz CT molecular complexity index is 293. The third-order valence-corrected chi connectivity index (χ3v) is 5.19. The summed E-state index contributed by atoms with van der Waals surface area (Å²) in [5.74, 6) is 0.884. The summed E-state index contributed by atoms with van der Waals surface area (Å²) in [6, 6.07) is 0.482. The number of piperidine rings is 1. The molecule has 1 atom stereocenters. The molecule has 2 aliphatic rings. The van der Waals surface area contributed by atoms with Crippen LogP contribution in [-0.4, -0.2) is 67.0 Å². The average molecular weight is 333 g/mol. The SMILES string of the molecule is COCCCN1CCC(N2CC(CBr)CC2=O)CC1. The van der Waals surface area contributed by atoms with Crippen LogP contribution in [0.4, 0.5) is 0 Å². The lowest BCUT2D eigenvalue weighted by molar-refractivity contribution is -0.130. The predicted molar refractivity (Wildman–Crippen MR) is 79.6 cm³/mol. The van der Waals surface area contributed by atoms with E-state index in [1.54, 1.807) is 7.11 Å². The first-order valence-corrected chi connectivity index (χ1v) is 8.43. The van der Waals surface area contributed by atoms with Crippen LogP contribution in [0.1, 0.15) is 25.7 Å². The molecule has 0 bridgehead atoms. The number of alkyl halides is 1. The van der Waals surface area contributed by atoms with Gasteiger partial charge in [0.15, 0.2) is 0 Å². The zero-order valence-corrected chi connectivity index (χ0v) is 13.4. The van der Waals surface area contributed by atoms with Crippen molar-refractivity contribution in [3.8, 4) is 0 Å². The lowest BCUT2D eigenvalue weighted by atomic mass is 10.0. The Hall–Kier alpha value is -0.130. The Kier molecular flexibility index (Phi) is 6.10. The third-order valence-electron chi connectivity index (χ3n) is 4.28. The quantitative estimate of drug-likeness (QED) is 0.548. The third kappa shape index (κ3) is 4.17. The molecule has 2 aliphatic heterocycles. The van der Waals surface area contributed by atoms with Crippen molar-refractivity contribution in [2.75, 3.05) is 45.2 Å². The van der Waals surface area contributed by atoms with Crippen LogP contribution < -0.4 is 0 Å². The van der Waals surface area contributed by atoms with E-state index in [-0.39, 0.29) is 0 Å². The number of methoxy groups -OCH3 is 1. The summed E-state index contributed by atoms with van der Waals surface area (Å²) in [6.07, 6.45) is 4.11. The number of nitrogens with zero attached hydrogens (tertiary/aromatic N) is 2. The van der Waals surface area contributed by atoms with Crippen LogP contribution in [-0.2, 0) is 9.53 Å². The number of hydrogen-bond donors (Lipinski definition) is 0. The molecule has 0 aromatic rings. The summed E-state index contributed by atoms with van der Waals surface area (Å²) >= 11 is 3.50. The Morgan fingerprint density at radius 2 is 2.11 bits per heavy atom. The second-order valence-corrected chi connectivity index (χ2v) is 6.34. The van der Waals surface area contributed by atoms with Crippen molar-refractivity contribution in [2.45, 2.75) is 31.7 Å². The summed E-state index contributed by atoms with van der Waals surface area (Å²) < 4.78 is 5.09. The van der Waals surface area contributed by atoms with Crippen LogP contribution in [0.15, 0.2) is 0 Å². The molecule has 1 unspecified atom stereocenters. The van der Waals surface area contributed by atoms with E-state index >= 15 is 0 Å². The summed E-state index contributed by atoms with van der Waals surface area (Å²) in [6.45, 7) is 5.17. The van der Waals surface area contributed by atoms with Gasteiger partial charge in [-0.15, -0.1) is 0 Å². The van der Waals surface area contributed by atoms with Gasteiger partial charge in [-0.3, -0.25) is 4.79 Å². The van der Waals surface area contributed by atoms with Crippen molar-refractivity contribution in [3.63, 3.8) is 0 Å². The van der Waals surface area contributed by atoms with Crippen LogP contribution in [0.25, 0.3) is 0 Å². The fourth-order valence-corrected chi connectivity index (χ4v) is 3.59. The number of rotatable bonds is 6.